The topological polar surface area (TPSA) is 183 Å². The van der Waals surface area contributed by atoms with Gasteiger partial charge in [-0.2, -0.15) is 0 Å². The zero-order valence-electron chi connectivity index (χ0n) is 28.6. The fourth-order valence-corrected chi connectivity index (χ4v) is 6.49. The minimum absolute atomic E-state index is 0.0539. The normalized spacial score (nSPS) is 17.0. The van der Waals surface area contributed by atoms with Crippen LogP contribution in [0.25, 0.3) is 16.5 Å². The van der Waals surface area contributed by atoms with Crippen molar-refractivity contribution in [3.8, 4) is 0 Å². The zero-order valence-corrected chi connectivity index (χ0v) is 28.6. The fourth-order valence-electron chi connectivity index (χ4n) is 6.49. The van der Waals surface area contributed by atoms with Crippen molar-refractivity contribution >= 4 is 57.7 Å². The van der Waals surface area contributed by atoms with Crippen LogP contribution in [0.2, 0.25) is 0 Å². The summed E-state index contributed by atoms with van der Waals surface area (Å²) < 4.78 is 5.31. The molecule has 5 N–H and O–H groups in total. The molecule has 1 atom stereocenters. The van der Waals surface area contributed by atoms with E-state index in [-0.39, 0.29) is 30.0 Å². The van der Waals surface area contributed by atoms with Crippen LogP contribution in [-0.2, 0) is 9.59 Å². The fraction of sp³-hybridized carbons (Fsp3) is 0.324. The quantitative estimate of drug-likeness (QED) is 0.167. The van der Waals surface area contributed by atoms with Gasteiger partial charge >= 0.3 is 0 Å². The molecule has 1 fully saturated rings. The first-order valence-corrected chi connectivity index (χ1v) is 16.7. The number of pyridine rings is 1. The second-order valence-electron chi connectivity index (χ2n) is 12.5. The largest absolute Gasteiger partial charge is 0.397 e. The maximum Gasteiger partial charge on any atom is 0.237 e. The number of aromatic nitrogens is 2. The number of nitrogen functional groups attached to an aromatic ring is 1. The summed E-state index contributed by atoms with van der Waals surface area (Å²) in [4.78, 5) is 45.3. The van der Waals surface area contributed by atoms with E-state index in [0.29, 0.717) is 73.3 Å². The molecule has 0 spiro atoms. The lowest BCUT2D eigenvalue weighted by Gasteiger charge is -2.29. The number of amides is 2. The molecule has 4 aromatic rings. The number of likely N-dealkylation sites (tertiary alicyclic amines) is 1. The number of nitrogens with zero attached hydrogens (tertiary/aromatic N) is 7. The molecule has 50 heavy (non-hydrogen) atoms. The first kappa shape index (κ1) is 34.2. The van der Waals surface area contributed by atoms with Crippen molar-refractivity contribution in [1.29, 1.82) is 5.41 Å². The highest BCUT2D eigenvalue weighted by Crippen LogP contribution is 2.27. The number of hydrogen-bond donors (Lipinski definition) is 3. The number of carbonyl (C=O) groups is 2. The summed E-state index contributed by atoms with van der Waals surface area (Å²) in [5.41, 5.74) is 18.2. The summed E-state index contributed by atoms with van der Waals surface area (Å²) in [6.45, 7) is 6.75. The first-order chi connectivity index (χ1) is 24.2. The maximum absolute atomic E-state index is 13.8. The molecule has 0 unspecified atom stereocenters. The third kappa shape index (κ3) is 7.18. The lowest BCUT2D eigenvalue weighted by Crippen LogP contribution is -2.42. The smallest absolute Gasteiger partial charge is 0.237 e. The number of benzene rings is 2. The number of fused-ring (bicyclic) bond motifs is 1. The Morgan fingerprint density at radius 1 is 1.12 bits per heavy atom. The Morgan fingerprint density at radius 2 is 1.90 bits per heavy atom. The first-order valence-electron chi connectivity index (χ1n) is 16.7. The summed E-state index contributed by atoms with van der Waals surface area (Å²) >= 11 is 0. The average Bonchev–Trinajstić information content (AvgIpc) is 3.77. The van der Waals surface area contributed by atoms with Gasteiger partial charge in [0.05, 0.1) is 29.6 Å². The van der Waals surface area contributed by atoms with Gasteiger partial charge in [-0.15, -0.1) is 0 Å². The van der Waals surface area contributed by atoms with Gasteiger partial charge in [0.15, 0.2) is 5.58 Å². The van der Waals surface area contributed by atoms with E-state index >= 15 is 0 Å². The third-order valence-electron chi connectivity index (χ3n) is 9.35. The van der Waals surface area contributed by atoms with Gasteiger partial charge in [-0.25, -0.2) is 9.98 Å². The minimum atomic E-state index is -0.270. The van der Waals surface area contributed by atoms with Crippen molar-refractivity contribution in [2.45, 2.75) is 26.7 Å². The summed E-state index contributed by atoms with van der Waals surface area (Å²) in [5.74, 6) is 0.582. The molecule has 2 aliphatic heterocycles. The molecule has 2 aliphatic rings. The van der Waals surface area contributed by atoms with Gasteiger partial charge in [-0.3, -0.25) is 29.8 Å². The molecular weight excluding hydrogens is 632 g/mol. The highest BCUT2D eigenvalue weighted by molar-refractivity contribution is 6.14. The Labute approximate surface area is 290 Å². The summed E-state index contributed by atoms with van der Waals surface area (Å²) in [5, 5.41) is 13.7. The van der Waals surface area contributed by atoms with Crippen LogP contribution in [0.4, 0.5) is 11.5 Å². The standard InChI is InChI=1S/C37H42N10O3/c1-4-47(32-12-10-30(38)35(43-32)34(39)27-9-11-31-29(19-27)23(2)44-50-31)37(49)28-13-16-45(20-28)21-33(48)46-17-14-25(15-18-46)24-5-7-26(8-6-24)36(40)42-22-41-3/h5-12,14,19,22,28,39H,4,13,15-18,20-21,38H2,1-3H3,(H2,40,41,42)/t28-/m1/s1. The van der Waals surface area contributed by atoms with Gasteiger partial charge < -0.3 is 20.9 Å². The van der Waals surface area contributed by atoms with E-state index < -0.39 is 0 Å². The van der Waals surface area contributed by atoms with Crippen LogP contribution in [0.15, 0.2) is 75.2 Å². The molecule has 0 bridgehead atoms. The molecule has 6 rings (SSSR count). The van der Waals surface area contributed by atoms with Crippen molar-refractivity contribution in [2.75, 3.05) is 56.9 Å². The lowest BCUT2D eigenvalue weighted by molar-refractivity contribution is -0.132. The summed E-state index contributed by atoms with van der Waals surface area (Å²) in [6.07, 6.45) is 4.94. The summed E-state index contributed by atoms with van der Waals surface area (Å²) in [6, 6.07) is 16.7. The highest BCUT2D eigenvalue weighted by atomic mass is 16.5. The minimum Gasteiger partial charge on any atom is -0.397 e. The Bertz CT molecular complexity index is 2010. The molecule has 0 saturated carbocycles. The van der Waals surface area contributed by atoms with Crippen molar-refractivity contribution in [1.82, 2.24) is 19.9 Å². The Kier molecular flexibility index (Phi) is 10.1. The maximum atomic E-state index is 13.8. The molecule has 2 aromatic carbocycles. The molecule has 13 nitrogen and oxygen atoms in total. The monoisotopic (exact) mass is 674 g/mol. The molecule has 0 radical (unpaired) electrons. The molecule has 2 aromatic heterocycles. The van der Waals surface area contributed by atoms with Gasteiger partial charge in [0.25, 0.3) is 0 Å². The van der Waals surface area contributed by atoms with E-state index in [4.69, 9.17) is 26.4 Å². The second kappa shape index (κ2) is 14.8. The third-order valence-corrected chi connectivity index (χ3v) is 9.35. The molecule has 1 saturated heterocycles. The Hall–Kier alpha value is -5.69. The predicted octanol–water partition coefficient (Wildman–Crippen LogP) is 3.88. The zero-order chi connectivity index (χ0) is 35.4. The molecule has 2 amide bonds. The average molecular weight is 675 g/mol. The van der Waals surface area contributed by atoms with Crippen molar-refractivity contribution in [2.24, 2.45) is 21.6 Å². The van der Waals surface area contributed by atoms with Crippen molar-refractivity contribution in [3.05, 3.63) is 88.8 Å². The number of nitrogens with one attached hydrogen (secondary N) is 1. The number of carbonyl (C=O) groups excluding carboxylic acids is 2. The lowest BCUT2D eigenvalue weighted by atomic mass is 9.98. The van der Waals surface area contributed by atoms with Crippen LogP contribution in [0.1, 0.15) is 47.8 Å². The van der Waals surface area contributed by atoms with E-state index in [0.717, 1.165) is 28.6 Å². The number of aliphatic imine (C=N–C) groups is 2. The second-order valence-corrected chi connectivity index (χ2v) is 12.5. The van der Waals surface area contributed by atoms with Gasteiger partial charge in [0, 0.05) is 49.7 Å². The molecule has 258 valence electrons. The number of rotatable bonds is 10. The molecule has 13 heteroatoms. The molecular formula is C37H42N10O3. The number of nitrogens with two attached hydrogens (primary N) is 2. The Morgan fingerprint density at radius 3 is 2.62 bits per heavy atom. The van der Waals surface area contributed by atoms with Gasteiger partial charge in [-0.1, -0.05) is 35.5 Å². The number of hydrogen-bond acceptors (Lipinski definition) is 9. The van der Waals surface area contributed by atoms with Gasteiger partial charge in [-0.05, 0) is 74.7 Å². The SMILES string of the molecule is CCN(C(=O)[C@@H]1CCN(CC(=O)N2CC=C(c3ccc(C(N)=NC=NC)cc3)CC2)C1)c1ccc(N)c(C(=N)c2ccc3onc(C)c3c2)n1. The van der Waals surface area contributed by atoms with Crippen LogP contribution in [0.5, 0.6) is 0 Å². The van der Waals surface area contributed by atoms with Gasteiger partial charge in [0.1, 0.15) is 23.7 Å². The highest BCUT2D eigenvalue weighted by Gasteiger charge is 2.34. The number of anilines is 2. The van der Waals surface area contributed by atoms with Crippen LogP contribution in [0, 0.1) is 18.3 Å². The number of aryl methyl sites for hydroxylation is 1. The van der Waals surface area contributed by atoms with E-state index in [9.17, 15) is 9.59 Å². The van der Waals surface area contributed by atoms with Gasteiger partial charge in [0.2, 0.25) is 11.8 Å². The number of amidine groups is 1. The Balaban J connectivity index is 1.05. The van der Waals surface area contributed by atoms with Crippen molar-refractivity contribution < 1.29 is 14.1 Å². The van der Waals surface area contributed by atoms with E-state index in [1.165, 1.54) is 11.9 Å². The van der Waals surface area contributed by atoms with Crippen LogP contribution in [-0.4, -0.2) is 96.0 Å². The van der Waals surface area contributed by atoms with E-state index in [2.05, 4.69) is 26.1 Å². The van der Waals surface area contributed by atoms with E-state index in [1.807, 2.05) is 49.1 Å². The molecule has 4 heterocycles. The van der Waals surface area contributed by atoms with Crippen LogP contribution >= 0.6 is 0 Å². The van der Waals surface area contributed by atoms with E-state index in [1.54, 1.807) is 36.2 Å². The molecule has 0 aliphatic carbocycles. The summed E-state index contributed by atoms with van der Waals surface area (Å²) in [7, 11) is 1.64. The predicted molar refractivity (Wildman–Crippen MR) is 197 cm³/mol. The van der Waals surface area contributed by atoms with Crippen molar-refractivity contribution in [3.63, 3.8) is 0 Å². The van der Waals surface area contributed by atoms with Crippen LogP contribution in [0.3, 0.4) is 0 Å². The van der Waals surface area contributed by atoms with Crippen LogP contribution < -0.4 is 16.4 Å².